The molecule has 0 radical (unpaired) electrons. The minimum absolute atomic E-state index is 0.173. The van der Waals surface area contributed by atoms with E-state index in [1.54, 1.807) is 17.2 Å². The standard InChI is InChI=1S/C16H22N6O/c1-13-4-5-14(22-11-18-19-12-22)10-15(13)20-16(23)17-6-9-21-7-2-3-8-21/h4-5,10-12H,2-3,6-9H2,1H3,(H2,17,20,23). The third kappa shape index (κ3) is 4.07. The summed E-state index contributed by atoms with van der Waals surface area (Å²) in [7, 11) is 0. The minimum atomic E-state index is -0.173. The summed E-state index contributed by atoms with van der Waals surface area (Å²) in [5.74, 6) is 0. The van der Waals surface area contributed by atoms with Crippen LogP contribution in [0.15, 0.2) is 30.9 Å². The molecular weight excluding hydrogens is 292 g/mol. The normalized spacial score (nSPS) is 14.8. The minimum Gasteiger partial charge on any atom is -0.337 e. The highest BCUT2D eigenvalue weighted by atomic mass is 16.2. The molecule has 0 atom stereocenters. The van der Waals surface area contributed by atoms with Gasteiger partial charge in [-0.1, -0.05) is 6.07 Å². The molecule has 23 heavy (non-hydrogen) atoms. The molecule has 0 aliphatic carbocycles. The van der Waals surface area contributed by atoms with E-state index in [0.29, 0.717) is 6.54 Å². The maximum absolute atomic E-state index is 12.1. The van der Waals surface area contributed by atoms with Gasteiger partial charge in [0.25, 0.3) is 0 Å². The van der Waals surface area contributed by atoms with Crippen LogP contribution in [-0.4, -0.2) is 51.9 Å². The average molecular weight is 314 g/mol. The van der Waals surface area contributed by atoms with Gasteiger partial charge in [0.2, 0.25) is 0 Å². The Labute approximate surface area is 135 Å². The molecule has 0 spiro atoms. The largest absolute Gasteiger partial charge is 0.337 e. The van der Waals surface area contributed by atoms with Crippen LogP contribution in [0.5, 0.6) is 0 Å². The third-order valence-electron chi connectivity index (χ3n) is 4.10. The van der Waals surface area contributed by atoms with Crippen LogP contribution in [0, 0.1) is 6.92 Å². The zero-order valence-corrected chi connectivity index (χ0v) is 13.3. The van der Waals surface area contributed by atoms with Gasteiger partial charge in [0.1, 0.15) is 12.7 Å². The summed E-state index contributed by atoms with van der Waals surface area (Å²) in [6.07, 6.45) is 5.79. The number of carbonyl (C=O) groups is 1. The van der Waals surface area contributed by atoms with Gasteiger partial charge in [-0.25, -0.2) is 4.79 Å². The first-order valence-electron chi connectivity index (χ1n) is 7.95. The summed E-state index contributed by atoms with van der Waals surface area (Å²) in [6.45, 7) is 5.83. The first kappa shape index (κ1) is 15.5. The van der Waals surface area contributed by atoms with E-state index in [1.165, 1.54) is 12.8 Å². The van der Waals surface area contributed by atoms with Crippen molar-refractivity contribution >= 4 is 11.7 Å². The predicted molar refractivity (Wildman–Crippen MR) is 88.8 cm³/mol. The van der Waals surface area contributed by atoms with E-state index in [9.17, 15) is 4.79 Å². The molecule has 2 N–H and O–H groups in total. The highest BCUT2D eigenvalue weighted by Crippen LogP contribution is 2.19. The van der Waals surface area contributed by atoms with Crippen molar-refractivity contribution in [2.45, 2.75) is 19.8 Å². The number of hydrogen-bond acceptors (Lipinski definition) is 4. The lowest BCUT2D eigenvalue weighted by Crippen LogP contribution is -2.36. The van der Waals surface area contributed by atoms with Crippen molar-refractivity contribution in [1.82, 2.24) is 25.0 Å². The Kier molecular flexibility index (Phi) is 4.87. The highest BCUT2D eigenvalue weighted by molar-refractivity contribution is 5.90. The van der Waals surface area contributed by atoms with Crippen LogP contribution < -0.4 is 10.6 Å². The molecular formula is C16H22N6O. The van der Waals surface area contributed by atoms with Crippen molar-refractivity contribution in [2.24, 2.45) is 0 Å². The number of likely N-dealkylation sites (tertiary alicyclic amines) is 1. The van der Waals surface area contributed by atoms with Crippen molar-refractivity contribution in [1.29, 1.82) is 0 Å². The SMILES string of the molecule is Cc1ccc(-n2cnnc2)cc1NC(=O)NCCN1CCCC1. The zero-order valence-electron chi connectivity index (χ0n) is 13.3. The lowest BCUT2D eigenvalue weighted by atomic mass is 10.2. The van der Waals surface area contributed by atoms with Gasteiger partial charge in [-0.2, -0.15) is 0 Å². The topological polar surface area (TPSA) is 75.1 Å². The molecule has 1 aromatic heterocycles. The Balaban J connectivity index is 1.56. The summed E-state index contributed by atoms with van der Waals surface area (Å²) in [5.41, 5.74) is 2.71. The fourth-order valence-corrected chi connectivity index (χ4v) is 2.74. The van der Waals surface area contributed by atoms with E-state index >= 15 is 0 Å². The monoisotopic (exact) mass is 314 g/mol. The zero-order chi connectivity index (χ0) is 16.1. The second kappa shape index (κ2) is 7.23. The number of nitrogens with one attached hydrogen (secondary N) is 2. The van der Waals surface area contributed by atoms with E-state index in [4.69, 9.17) is 0 Å². The summed E-state index contributed by atoms with van der Waals surface area (Å²) in [5, 5.41) is 13.4. The summed E-state index contributed by atoms with van der Waals surface area (Å²) >= 11 is 0. The smallest absolute Gasteiger partial charge is 0.319 e. The molecule has 1 aromatic carbocycles. The maximum Gasteiger partial charge on any atom is 0.319 e. The number of urea groups is 1. The van der Waals surface area contributed by atoms with Crippen LogP contribution in [0.3, 0.4) is 0 Å². The van der Waals surface area contributed by atoms with Crippen LogP contribution in [0.25, 0.3) is 5.69 Å². The molecule has 1 aliphatic rings. The molecule has 0 bridgehead atoms. The molecule has 7 heteroatoms. The van der Waals surface area contributed by atoms with Gasteiger partial charge in [-0.15, -0.1) is 10.2 Å². The van der Waals surface area contributed by atoms with Crippen LogP contribution in [0.2, 0.25) is 0 Å². The first-order valence-corrected chi connectivity index (χ1v) is 7.95. The number of benzene rings is 1. The summed E-state index contributed by atoms with van der Waals surface area (Å²) in [6, 6.07) is 5.68. The van der Waals surface area contributed by atoms with E-state index < -0.39 is 0 Å². The fourth-order valence-electron chi connectivity index (χ4n) is 2.74. The molecule has 1 saturated heterocycles. The van der Waals surface area contributed by atoms with Crippen LogP contribution in [0.1, 0.15) is 18.4 Å². The number of carbonyl (C=O) groups excluding carboxylic acids is 1. The molecule has 3 rings (SSSR count). The highest BCUT2D eigenvalue weighted by Gasteiger charge is 2.11. The van der Waals surface area contributed by atoms with Crippen LogP contribution >= 0.6 is 0 Å². The molecule has 122 valence electrons. The van der Waals surface area contributed by atoms with Gasteiger partial charge in [0.05, 0.1) is 5.69 Å². The van der Waals surface area contributed by atoms with Crippen molar-refractivity contribution in [3.63, 3.8) is 0 Å². The second-order valence-corrected chi connectivity index (χ2v) is 5.80. The molecule has 0 unspecified atom stereocenters. The fraction of sp³-hybridized carbons (Fsp3) is 0.438. The van der Waals surface area contributed by atoms with Gasteiger partial charge in [0.15, 0.2) is 0 Å². The molecule has 1 aliphatic heterocycles. The van der Waals surface area contributed by atoms with E-state index in [2.05, 4.69) is 25.7 Å². The number of nitrogens with zero attached hydrogens (tertiary/aromatic N) is 4. The Morgan fingerprint density at radius 1 is 1.22 bits per heavy atom. The Morgan fingerprint density at radius 3 is 2.70 bits per heavy atom. The number of aryl methyl sites for hydroxylation is 1. The average Bonchev–Trinajstić information content (AvgIpc) is 3.22. The van der Waals surface area contributed by atoms with Crippen molar-refractivity contribution in [3.8, 4) is 5.69 Å². The Hall–Kier alpha value is -2.41. The molecule has 7 nitrogen and oxygen atoms in total. The second-order valence-electron chi connectivity index (χ2n) is 5.80. The predicted octanol–water partition coefficient (Wildman–Crippen LogP) is 1.79. The Morgan fingerprint density at radius 2 is 1.96 bits per heavy atom. The van der Waals surface area contributed by atoms with Gasteiger partial charge >= 0.3 is 6.03 Å². The number of amides is 2. The van der Waals surface area contributed by atoms with Crippen LogP contribution in [-0.2, 0) is 0 Å². The summed E-state index contributed by atoms with van der Waals surface area (Å²) < 4.78 is 1.80. The lowest BCUT2D eigenvalue weighted by Gasteiger charge is -2.15. The van der Waals surface area contributed by atoms with Crippen molar-refractivity contribution in [2.75, 3.05) is 31.5 Å². The molecule has 1 fully saturated rings. The Bertz CT molecular complexity index is 649. The van der Waals surface area contributed by atoms with E-state index in [-0.39, 0.29) is 6.03 Å². The van der Waals surface area contributed by atoms with Gasteiger partial charge in [-0.05, 0) is 50.6 Å². The molecule has 2 amide bonds. The lowest BCUT2D eigenvalue weighted by molar-refractivity contribution is 0.249. The van der Waals surface area contributed by atoms with Crippen molar-refractivity contribution < 1.29 is 4.79 Å². The molecule has 2 heterocycles. The third-order valence-corrected chi connectivity index (χ3v) is 4.10. The van der Waals surface area contributed by atoms with Crippen molar-refractivity contribution in [3.05, 3.63) is 36.4 Å². The van der Waals surface area contributed by atoms with Gasteiger partial charge < -0.3 is 15.5 Å². The number of hydrogen-bond donors (Lipinski definition) is 2. The number of anilines is 1. The van der Waals surface area contributed by atoms with Crippen LogP contribution in [0.4, 0.5) is 10.5 Å². The first-order chi connectivity index (χ1) is 11.2. The van der Waals surface area contributed by atoms with E-state index in [0.717, 1.165) is 36.6 Å². The van der Waals surface area contributed by atoms with E-state index in [1.807, 2.05) is 25.1 Å². The maximum atomic E-state index is 12.1. The molecule has 2 aromatic rings. The summed E-state index contributed by atoms with van der Waals surface area (Å²) in [4.78, 5) is 14.4. The van der Waals surface area contributed by atoms with Gasteiger partial charge in [-0.3, -0.25) is 4.57 Å². The quantitative estimate of drug-likeness (QED) is 0.882. The molecule has 0 saturated carbocycles. The number of aromatic nitrogens is 3. The van der Waals surface area contributed by atoms with Gasteiger partial charge in [0, 0.05) is 18.8 Å². The number of rotatable bonds is 5.